The molecule has 0 fully saturated rings. The van der Waals surface area contributed by atoms with Crippen LogP contribution in [-0.4, -0.2) is 0 Å². The minimum Gasteiger partial charge on any atom is -0.0726 e. The molecule has 0 heteroatoms. The Morgan fingerprint density at radius 2 is 1.69 bits per heavy atom. The van der Waals surface area contributed by atoms with Crippen molar-refractivity contribution < 1.29 is 0 Å². The zero-order valence-corrected chi connectivity index (χ0v) is 8.80. The molecule has 0 saturated carbocycles. The van der Waals surface area contributed by atoms with E-state index in [0.717, 1.165) is 0 Å². The smallest absolute Gasteiger partial charge is 0.0225 e. The van der Waals surface area contributed by atoms with E-state index in [1.54, 1.807) is 0 Å². The SMILES string of the molecule is CCCC(=C(C)C)c1ccccc1. The summed E-state index contributed by atoms with van der Waals surface area (Å²) in [5, 5.41) is 0. The molecule has 0 bridgehead atoms. The molecule has 0 aliphatic heterocycles. The lowest BCUT2D eigenvalue weighted by molar-refractivity contribution is 0.965. The number of benzene rings is 1. The lowest BCUT2D eigenvalue weighted by Gasteiger charge is -2.08. The van der Waals surface area contributed by atoms with Gasteiger partial charge in [0.2, 0.25) is 0 Å². The van der Waals surface area contributed by atoms with E-state index in [2.05, 4.69) is 51.1 Å². The summed E-state index contributed by atoms with van der Waals surface area (Å²) in [6.07, 6.45) is 2.40. The van der Waals surface area contributed by atoms with Crippen molar-refractivity contribution in [3.8, 4) is 0 Å². The average Bonchev–Trinajstić information content (AvgIpc) is 2.15. The normalized spacial score (nSPS) is 9.77. The molecule has 0 aliphatic rings. The van der Waals surface area contributed by atoms with Crippen molar-refractivity contribution in [2.45, 2.75) is 33.6 Å². The Labute approximate surface area is 81.3 Å². The van der Waals surface area contributed by atoms with Crippen LogP contribution in [0.5, 0.6) is 0 Å². The highest BCUT2D eigenvalue weighted by atomic mass is 14.1. The standard InChI is InChI=1S/C13H18/c1-4-8-13(11(2)3)12-9-6-5-7-10-12/h5-7,9-10H,4,8H2,1-3H3. The largest absolute Gasteiger partial charge is 0.0726 e. The van der Waals surface area contributed by atoms with Crippen LogP contribution in [0.4, 0.5) is 0 Å². The van der Waals surface area contributed by atoms with E-state index < -0.39 is 0 Å². The predicted molar refractivity (Wildman–Crippen MR) is 59.6 cm³/mol. The van der Waals surface area contributed by atoms with Crippen molar-refractivity contribution >= 4 is 5.57 Å². The predicted octanol–water partition coefficient (Wildman–Crippen LogP) is 4.28. The van der Waals surface area contributed by atoms with Crippen molar-refractivity contribution in [1.82, 2.24) is 0 Å². The molecule has 0 aromatic heterocycles. The first kappa shape index (κ1) is 10.0. The third-order valence-electron chi connectivity index (χ3n) is 2.23. The van der Waals surface area contributed by atoms with Crippen LogP contribution in [0, 0.1) is 0 Å². The Hall–Kier alpha value is -1.04. The molecule has 1 rings (SSSR count). The van der Waals surface area contributed by atoms with Crippen molar-refractivity contribution in [2.24, 2.45) is 0 Å². The lowest BCUT2D eigenvalue weighted by atomic mass is 9.97. The zero-order valence-electron chi connectivity index (χ0n) is 8.80. The number of rotatable bonds is 3. The first-order valence-corrected chi connectivity index (χ1v) is 4.97. The maximum atomic E-state index is 2.23. The first-order valence-electron chi connectivity index (χ1n) is 4.97. The number of hydrogen-bond donors (Lipinski definition) is 0. The molecule has 0 heterocycles. The van der Waals surface area contributed by atoms with Gasteiger partial charge in [-0.2, -0.15) is 0 Å². The fourth-order valence-corrected chi connectivity index (χ4v) is 1.57. The molecule has 0 amide bonds. The summed E-state index contributed by atoms with van der Waals surface area (Å²) in [5.74, 6) is 0. The van der Waals surface area contributed by atoms with Gasteiger partial charge in [-0.15, -0.1) is 0 Å². The minimum atomic E-state index is 1.19. The molecule has 0 N–H and O–H groups in total. The lowest BCUT2D eigenvalue weighted by Crippen LogP contribution is -1.86. The van der Waals surface area contributed by atoms with Crippen molar-refractivity contribution in [3.05, 3.63) is 41.5 Å². The van der Waals surface area contributed by atoms with Crippen molar-refractivity contribution in [2.75, 3.05) is 0 Å². The Morgan fingerprint density at radius 3 is 2.15 bits per heavy atom. The molecular formula is C13H18. The molecule has 0 spiro atoms. The fourth-order valence-electron chi connectivity index (χ4n) is 1.57. The van der Waals surface area contributed by atoms with Crippen LogP contribution in [0.1, 0.15) is 39.2 Å². The molecule has 0 saturated heterocycles. The van der Waals surface area contributed by atoms with Crippen molar-refractivity contribution in [3.63, 3.8) is 0 Å². The number of allylic oxidation sites excluding steroid dienone is 2. The van der Waals surface area contributed by atoms with Gasteiger partial charge in [0.15, 0.2) is 0 Å². The Kier molecular flexibility index (Phi) is 3.75. The molecule has 0 aliphatic carbocycles. The van der Waals surface area contributed by atoms with Crippen LogP contribution in [0.25, 0.3) is 5.57 Å². The molecule has 0 radical (unpaired) electrons. The second-order valence-electron chi connectivity index (χ2n) is 3.59. The summed E-state index contributed by atoms with van der Waals surface area (Å²) in [6.45, 7) is 6.61. The van der Waals surface area contributed by atoms with Crippen LogP contribution in [0.3, 0.4) is 0 Å². The van der Waals surface area contributed by atoms with Gasteiger partial charge in [0.05, 0.1) is 0 Å². The summed E-state index contributed by atoms with van der Waals surface area (Å²) in [4.78, 5) is 0. The molecule has 0 atom stereocenters. The maximum absolute atomic E-state index is 2.23. The monoisotopic (exact) mass is 174 g/mol. The van der Waals surface area contributed by atoms with Gasteiger partial charge in [-0.05, 0) is 31.4 Å². The van der Waals surface area contributed by atoms with Gasteiger partial charge in [-0.1, -0.05) is 49.2 Å². The molecule has 70 valence electrons. The summed E-state index contributed by atoms with van der Waals surface area (Å²) in [6, 6.07) is 10.7. The van der Waals surface area contributed by atoms with Gasteiger partial charge < -0.3 is 0 Å². The van der Waals surface area contributed by atoms with Gasteiger partial charge in [-0.25, -0.2) is 0 Å². The van der Waals surface area contributed by atoms with E-state index in [9.17, 15) is 0 Å². The van der Waals surface area contributed by atoms with Gasteiger partial charge in [0.25, 0.3) is 0 Å². The third-order valence-corrected chi connectivity index (χ3v) is 2.23. The van der Waals surface area contributed by atoms with Crippen LogP contribution < -0.4 is 0 Å². The molecule has 1 aromatic carbocycles. The second-order valence-corrected chi connectivity index (χ2v) is 3.59. The van der Waals surface area contributed by atoms with E-state index in [-0.39, 0.29) is 0 Å². The van der Waals surface area contributed by atoms with Crippen molar-refractivity contribution in [1.29, 1.82) is 0 Å². The van der Waals surface area contributed by atoms with Crippen LogP contribution in [-0.2, 0) is 0 Å². The molecule has 0 unspecified atom stereocenters. The summed E-state index contributed by atoms with van der Waals surface area (Å²) >= 11 is 0. The maximum Gasteiger partial charge on any atom is -0.0225 e. The van der Waals surface area contributed by atoms with Gasteiger partial charge in [-0.3, -0.25) is 0 Å². The van der Waals surface area contributed by atoms with E-state index in [1.165, 1.54) is 29.6 Å². The number of hydrogen-bond acceptors (Lipinski definition) is 0. The topological polar surface area (TPSA) is 0 Å². The van der Waals surface area contributed by atoms with Gasteiger partial charge >= 0.3 is 0 Å². The van der Waals surface area contributed by atoms with Crippen LogP contribution >= 0.6 is 0 Å². The van der Waals surface area contributed by atoms with E-state index >= 15 is 0 Å². The molecule has 0 nitrogen and oxygen atoms in total. The van der Waals surface area contributed by atoms with Crippen LogP contribution in [0.15, 0.2) is 35.9 Å². The zero-order chi connectivity index (χ0) is 9.68. The Balaban J connectivity index is 2.97. The Morgan fingerprint density at radius 1 is 1.08 bits per heavy atom. The Bertz CT molecular complexity index is 276. The van der Waals surface area contributed by atoms with E-state index in [4.69, 9.17) is 0 Å². The highest BCUT2D eigenvalue weighted by molar-refractivity contribution is 5.67. The van der Waals surface area contributed by atoms with E-state index in [0.29, 0.717) is 0 Å². The average molecular weight is 174 g/mol. The molecule has 13 heavy (non-hydrogen) atoms. The summed E-state index contributed by atoms with van der Waals surface area (Å²) < 4.78 is 0. The third kappa shape index (κ3) is 2.73. The highest BCUT2D eigenvalue weighted by Gasteiger charge is 2.00. The summed E-state index contributed by atoms with van der Waals surface area (Å²) in [7, 11) is 0. The molecular weight excluding hydrogens is 156 g/mol. The quantitative estimate of drug-likeness (QED) is 0.641. The van der Waals surface area contributed by atoms with Gasteiger partial charge in [0, 0.05) is 0 Å². The van der Waals surface area contributed by atoms with Crippen LogP contribution in [0.2, 0.25) is 0 Å². The van der Waals surface area contributed by atoms with E-state index in [1.807, 2.05) is 0 Å². The fraction of sp³-hybridized carbons (Fsp3) is 0.385. The highest BCUT2D eigenvalue weighted by Crippen LogP contribution is 2.22. The molecule has 1 aromatic rings. The second kappa shape index (κ2) is 4.86. The summed E-state index contributed by atoms with van der Waals surface area (Å²) in [5.41, 5.74) is 4.32. The van der Waals surface area contributed by atoms with Gasteiger partial charge in [0.1, 0.15) is 0 Å². The first-order chi connectivity index (χ1) is 6.25. The minimum absolute atomic E-state index is 1.19.